The van der Waals surface area contributed by atoms with Gasteiger partial charge in [-0.15, -0.1) is 0 Å². The van der Waals surface area contributed by atoms with Gasteiger partial charge in [0.15, 0.2) is 5.78 Å². The van der Waals surface area contributed by atoms with Crippen LogP contribution in [0.5, 0.6) is 5.88 Å². The SMILES string of the molecule is CC(=O)c1ccc2nc(Cc3ccc(-c4cccc(OCc5ccc(Cl)cc5F)n4)cc3)n(C[C@@H]3CCO3)c2c1. The number of imidazole rings is 1. The first-order chi connectivity index (χ1) is 19.4. The Morgan fingerprint density at radius 1 is 1.07 bits per heavy atom. The van der Waals surface area contributed by atoms with Crippen LogP contribution in [-0.4, -0.2) is 33.0 Å². The lowest BCUT2D eigenvalue weighted by atomic mass is 10.1. The Morgan fingerprint density at radius 3 is 2.62 bits per heavy atom. The van der Waals surface area contributed by atoms with Crippen LogP contribution >= 0.6 is 11.6 Å². The summed E-state index contributed by atoms with van der Waals surface area (Å²) in [4.78, 5) is 21.5. The molecule has 1 aliphatic heterocycles. The number of hydrogen-bond acceptors (Lipinski definition) is 5. The predicted molar refractivity (Wildman–Crippen MR) is 152 cm³/mol. The second-order valence-corrected chi connectivity index (χ2v) is 10.4. The van der Waals surface area contributed by atoms with E-state index in [9.17, 15) is 9.18 Å². The molecule has 1 fully saturated rings. The van der Waals surface area contributed by atoms with Gasteiger partial charge in [-0.3, -0.25) is 4.79 Å². The number of halogens is 2. The molecule has 0 spiro atoms. The van der Waals surface area contributed by atoms with E-state index in [4.69, 9.17) is 26.1 Å². The molecule has 1 aliphatic rings. The molecule has 0 aliphatic carbocycles. The molecule has 0 N–H and O–H groups in total. The normalized spacial score (nSPS) is 14.7. The largest absolute Gasteiger partial charge is 0.473 e. The summed E-state index contributed by atoms with van der Waals surface area (Å²) in [7, 11) is 0. The summed E-state index contributed by atoms with van der Waals surface area (Å²) in [5, 5.41) is 0.344. The smallest absolute Gasteiger partial charge is 0.214 e. The molecule has 8 heteroatoms. The van der Waals surface area contributed by atoms with Crippen molar-refractivity contribution in [3.05, 3.63) is 112 Å². The number of aromatic nitrogens is 3. The number of pyridine rings is 1. The van der Waals surface area contributed by atoms with Gasteiger partial charge in [-0.05, 0) is 55.3 Å². The van der Waals surface area contributed by atoms with Crippen molar-refractivity contribution < 1.29 is 18.7 Å². The third-order valence-corrected chi connectivity index (χ3v) is 7.37. The van der Waals surface area contributed by atoms with Crippen molar-refractivity contribution >= 4 is 28.4 Å². The molecule has 6 nitrogen and oxygen atoms in total. The molecule has 2 aromatic heterocycles. The van der Waals surface area contributed by atoms with E-state index < -0.39 is 5.82 Å². The number of carbonyl (C=O) groups is 1. The van der Waals surface area contributed by atoms with Crippen LogP contribution in [0.15, 0.2) is 78.9 Å². The second kappa shape index (κ2) is 11.2. The molecule has 0 unspecified atom stereocenters. The lowest BCUT2D eigenvalue weighted by Gasteiger charge is -2.27. The van der Waals surface area contributed by atoms with Crippen molar-refractivity contribution in [1.82, 2.24) is 14.5 Å². The van der Waals surface area contributed by atoms with Crippen LogP contribution in [0.4, 0.5) is 4.39 Å². The molecule has 1 saturated heterocycles. The van der Waals surface area contributed by atoms with Crippen molar-refractivity contribution in [3.63, 3.8) is 0 Å². The molecule has 0 bridgehead atoms. The van der Waals surface area contributed by atoms with Crippen molar-refractivity contribution in [2.24, 2.45) is 0 Å². The average Bonchev–Trinajstić information content (AvgIpc) is 3.26. The first-order valence-corrected chi connectivity index (χ1v) is 13.6. The Morgan fingerprint density at radius 2 is 1.90 bits per heavy atom. The molecule has 3 heterocycles. The summed E-state index contributed by atoms with van der Waals surface area (Å²) in [6, 6.07) is 23.9. The Labute approximate surface area is 236 Å². The van der Waals surface area contributed by atoms with E-state index in [0.29, 0.717) is 35.0 Å². The number of nitrogens with zero attached hydrogens (tertiary/aromatic N) is 3. The maximum Gasteiger partial charge on any atom is 0.214 e. The summed E-state index contributed by atoms with van der Waals surface area (Å²) < 4.78 is 27.7. The summed E-state index contributed by atoms with van der Waals surface area (Å²) in [5.41, 5.74) is 5.71. The third-order valence-electron chi connectivity index (χ3n) is 7.14. The number of fused-ring (bicyclic) bond motifs is 1. The molecule has 6 rings (SSSR count). The number of ketones is 1. The number of Topliss-reactive ketones (excluding diaryl/α,β-unsaturated/α-hetero) is 1. The van der Waals surface area contributed by atoms with E-state index in [-0.39, 0.29) is 18.5 Å². The molecular weight excluding hydrogens is 529 g/mol. The first-order valence-electron chi connectivity index (χ1n) is 13.2. The molecule has 0 saturated carbocycles. The zero-order valence-electron chi connectivity index (χ0n) is 21.9. The lowest BCUT2D eigenvalue weighted by Crippen LogP contribution is -2.31. The van der Waals surface area contributed by atoms with Gasteiger partial charge in [-0.1, -0.05) is 48.0 Å². The van der Waals surface area contributed by atoms with Crippen LogP contribution in [-0.2, 0) is 24.3 Å². The topological polar surface area (TPSA) is 66.2 Å². The zero-order valence-corrected chi connectivity index (χ0v) is 22.7. The van der Waals surface area contributed by atoms with Crippen molar-refractivity contribution in [3.8, 4) is 17.1 Å². The standard InChI is InChI=1S/C32H27ClFN3O3/c1-20(38)23-10-12-29-30(16-23)37(18-26-13-14-39-26)31(35-29)15-21-5-7-22(8-6-21)28-3-2-4-32(36-28)40-19-24-9-11-25(33)17-27(24)34/h2-12,16-17,26H,13-15,18-19H2,1H3/t26-/m0/s1. The summed E-state index contributed by atoms with van der Waals surface area (Å²) in [6.07, 6.45) is 1.82. The lowest BCUT2D eigenvalue weighted by molar-refractivity contribution is -0.0589. The number of benzene rings is 3. The molecule has 40 heavy (non-hydrogen) atoms. The highest BCUT2D eigenvalue weighted by Crippen LogP contribution is 2.26. The quantitative estimate of drug-likeness (QED) is 0.182. The van der Waals surface area contributed by atoms with Crippen LogP contribution in [0.25, 0.3) is 22.3 Å². The highest BCUT2D eigenvalue weighted by molar-refractivity contribution is 6.30. The van der Waals surface area contributed by atoms with Gasteiger partial charge in [0.25, 0.3) is 0 Å². The Kier molecular flexibility index (Phi) is 7.32. The van der Waals surface area contributed by atoms with Crippen molar-refractivity contribution in [2.75, 3.05) is 6.61 Å². The Hall–Kier alpha value is -4.07. The highest BCUT2D eigenvalue weighted by Gasteiger charge is 2.22. The Balaban J connectivity index is 1.20. The number of rotatable bonds is 9. The summed E-state index contributed by atoms with van der Waals surface area (Å²) >= 11 is 5.84. The van der Waals surface area contributed by atoms with Gasteiger partial charge < -0.3 is 14.0 Å². The van der Waals surface area contributed by atoms with Crippen molar-refractivity contribution in [1.29, 1.82) is 0 Å². The van der Waals surface area contributed by atoms with Crippen LogP contribution in [0.2, 0.25) is 5.02 Å². The van der Waals surface area contributed by atoms with Crippen LogP contribution in [0.1, 0.15) is 40.7 Å². The van der Waals surface area contributed by atoms with Gasteiger partial charge in [0.1, 0.15) is 18.2 Å². The molecule has 3 aromatic carbocycles. The minimum absolute atomic E-state index is 0.0342. The van der Waals surface area contributed by atoms with E-state index in [1.165, 1.54) is 6.07 Å². The summed E-state index contributed by atoms with van der Waals surface area (Å²) in [5.74, 6) is 0.967. The minimum Gasteiger partial charge on any atom is -0.473 e. The zero-order chi connectivity index (χ0) is 27.6. The van der Waals surface area contributed by atoms with Crippen LogP contribution < -0.4 is 4.74 Å². The van der Waals surface area contributed by atoms with Crippen LogP contribution in [0, 0.1) is 5.82 Å². The fourth-order valence-electron chi connectivity index (χ4n) is 4.78. The number of carbonyl (C=O) groups excluding carboxylic acids is 1. The molecular formula is C32H27ClFN3O3. The minimum atomic E-state index is -0.410. The Bertz CT molecular complexity index is 1700. The molecule has 0 radical (unpaired) electrons. The van der Waals surface area contributed by atoms with Gasteiger partial charge in [0.05, 0.1) is 29.4 Å². The van der Waals surface area contributed by atoms with Gasteiger partial charge in [0, 0.05) is 40.8 Å². The van der Waals surface area contributed by atoms with Gasteiger partial charge in [-0.2, -0.15) is 0 Å². The first kappa shape index (κ1) is 26.2. The van der Waals surface area contributed by atoms with E-state index in [0.717, 1.165) is 46.7 Å². The summed E-state index contributed by atoms with van der Waals surface area (Å²) in [6.45, 7) is 3.13. The molecule has 1 atom stereocenters. The van der Waals surface area contributed by atoms with E-state index in [1.807, 2.05) is 42.5 Å². The molecule has 5 aromatic rings. The van der Waals surface area contributed by atoms with E-state index >= 15 is 0 Å². The number of ether oxygens (including phenoxy) is 2. The molecule has 202 valence electrons. The maximum atomic E-state index is 14.1. The predicted octanol–water partition coefficient (Wildman–Crippen LogP) is 7.05. The fourth-order valence-corrected chi connectivity index (χ4v) is 4.94. The van der Waals surface area contributed by atoms with Gasteiger partial charge >= 0.3 is 0 Å². The van der Waals surface area contributed by atoms with Gasteiger partial charge in [-0.25, -0.2) is 14.4 Å². The van der Waals surface area contributed by atoms with Crippen molar-refractivity contribution in [2.45, 2.75) is 39.0 Å². The highest BCUT2D eigenvalue weighted by atomic mass is 35.5. The van der Waals surface area contributed by atoms with Crippen LogP contribution in [0.3, 0.4) is 0 Å². The average molecular weight is 556 g/mol. The fraction of sp³-hybridized carbons (Fsp3) is 0.219. The second-order valence-electron chi connectivity index (χ2n) is 9.94. The maximum absolute atomic E-state index is 14.1. The third kappa shape index (κ3) is 5.62. The van der Waals surface area contributed by atoms with Gasteiger partial charge in [0.2, 0.25) is 5.88 Å². The van der Waals surface area contributed by atoms with E-state index in [1.54, 1.807) is 25.1 Å². The number of hydrogen-bond donors (Lipinski definition) is 0. The monoisotopic (exact) mass is 555 g/mol. The van der Waals surface area contributed by atoms with E-state index in [2.05, 4.69) is 21.7 Å². The molecule has 0 amide bonds.